The summed E-state index contributed by atoms with van der Waals surface area (Å²) < 4.78 is 0. The summed E-state index contributed by atoms with van der Waals surface area (Å²) in [5.74, 6) is -0.0956. The molecule has 23 heavy (non-hydrogen) atoms. The maximum absolute atomic E-state index is 12.8. The highest BCUT2D eigenvalue weighted by molar-refractivity contribution is 6.04. The summed E-state index contributed by atoms with van der Waals surface area (Å²) in [4.78, 5) is 26.8. The van der Waals surface area contributed by atoms with E-state index in [1.54, 1.807) is 4.90 Å². The number of rotatable bonds is 3. The smallest absolute Gasteiger partial charge is 0.275 e. The number of nitrogens with zero attached hydrogens (tertiary/aromatic N) is 2. The first-order valence-corrected chi connectivity index (χ1v) is 8.25. The van der Waals surface area contributed by atoms with Crippen molar-refractivity contribution in [1.29, 1.82) is 0 Å². The average molecular weight is 312 g/mol. The quantitative estimate of drug-likeness (QED) is 0.905. The van der Waals surface area contributed by atoms with E-state index in [-0.39, 0.29) is 17.7 Å². The number of H-pyrrole nitrogens is 1. The van der Waals surface area contributed by atoms with Crippen molar-refractivity contribution < 1.29 is 9.59 Å². The van der Waals surface area contributed by atoms with E-state index in [4.69, 9.17) is 0 Å². The predicted molar refractivity (Wildman–Crippen MR) is 85.9 cm³/mol. The van der Waals surface area contributed by atoms with Crippen molar-refractivity contribution >= 4 is 22.7 Å². The second-order valence-electron chi connectivity index (χ2n) is 6.49. The second kappa shape index (κ2) is 5.68. The van der Waals surface area contributed by atoms with E-state index in [0.717, 1.165) is 36.6 Å². The van der Waals surface area contributed by atoms with Crippen LogP contribution in [0.15, 0.2) is 24.3 Å². The molecular formula is C17H20N4O2. The lowest BCUT2D eigenvalue weighted by molar-refractivity contribution is -0.126. The van der Waals surface area contributed by atoms with Crippen molar-refractivity contribution in [2.24, 2.45) is 5.92 Å². The van der Waals surface area contributed by atoms with Crippen LogP contribution in [0.2, 0.25) is 0 Å². The first-order chi connectivity index (χ1) is 11.2. The van der Waals surface area contributed by atoms with Crippen LogP contribution in [0.3, 0.4) is 0 Å². The highest BCUT2D eigenvalue weighted by atomic mass is 16.2. The summed E-state index contributed by atoms with van der Waals surface area (Å²) in [6, 6.07) is 7.97. The van der Waals surface area contributed by atoms with E-state index in [1.165, 1.54) is 0 Å². The van der Waals surface area contributed by atoms with Crippen molar-refractivity contribution in [1.82, 2.24) is 20.4 Å². The van der Waals surface area contributed by atoms with Crippen LogP contribution in [-0.2, 0) is 4.79 Å². The number of piperidine rings is 1. The second-order valence-corrected chi connectivity index (χ2v) is 6.49. The van der Waals surface area contributed by atoms with Gasteiger partial charge in [0.2, 0.25) is 5.91 Å². The molecule has 4 rings (SSSR count). The normalized spacial score (nSPS) is 21.4. The summed E-state index contributed by atoms with van der Waals surface area (Å²) >= 11 is 0. The predicted octanol–water partition coefficient (Wildman–Crippen LogP) is 1.69. The Labute approximate surface area is 134 Å². The standard InChI is InChI=1S/C17H20N4O2/c22-16(18-12-7-8-12)11-4-3-9-21(10-11)17(23)15-13-5-1-2-6-14(13)19-20-15/h1-2,5-6,11-12H,3-4,7-10H2,(H,18,22)(H,19,20). The van der Waals surface area contributed by atoms with Crippen LogP contribution in [0.1, 0.15) is 36.2 Å². The monoisotopic (exact) mass is 312 g/mol. The van der Waals surface area contributed by atoms with Gasteiger partial charge in [-0.25, -0.2) is 0 Å². The van der Waals surface area contributed by atoms with Gasteiger partial charge in [-0.1, -0.05) is 18.2 Å². The van der Waals surface area contributed by atoms with Gasteiger partial charge in [-0.15, -0.1) is 0 Å². The van der Waals surface area contributed by atoms with Crippen LogP contribution in [0.25, 0.3) is 10.9 Å². The van der Waals surface area contributed by atoms with Crippen molar-refractivity contribution in [3.05, 3.63) is 30.0 Å². The lowest BCUT2D eigenvalue weighted by Gasteiger charge is -2.31. The van der Waals surface area contributed by atoms with E-state index in [2.05, 4.69) is 15.5 Å². The minimum Gasteiger partial charge on any atom is -0.353 e. The van der Waals surface area contributed by atoms with Crippen molar-refractivity contribution in [3.63, 3.8) is 0 Å². The number of para-hydroxylation sites is 1. The molecule has 2 fully saturated rings. The number of aromatic nitrogens is 2. The molecule has 2 aliphatic rings. The molecule has 6 heteroatoms. The first kappa shape index (κ1) is 14.2. The van der Waals surface area contributed by atoms with Gasteiger partial charge in [0.15, 0.2) is 5.69 Å². The number of carbonyl (C=O) groups is 2. The number of hydrogen-bond acceptors (Lipinski definition) is 3. The molecule has 1 saturated heterocycles. The molecule has 2 heterocycles. The number of carbonyl (C=O) groups excluding carboxylic acids is 2. The molecule has 2 amide bonds. The highest BCUT2D eigenvalue weighted by Gasteiger charge is 2.33. The van der Waals surface area contributed by atoms with Gasteiger partial charge >= 0.3 is 0 Å². The van der Waals surface area contributed by atoms with Gasteiger partial charge in [0.1, 0.15) is 0 Å². The minimum absolute atomic E-state index is 0.0913. The third kappa shape index (κ3) is 2.81. The van der Waals surface area contributed by atoms with Crippen molar-refractivity contribution in [2.45, 2.75) is 31.7 Å². The molecule has 1 unspecified atom stereocenters. The van der Waals surface area contributed by atoms with Gasteiger partial charge < -0.3 is 10.2 Å². The molecule has 1 aromatic heterocycles. The van der Waals surface area contributed by atoms with Gasteiger partial charge in [-0.2, -0.15) is 5.10 Å². The summed E-state index contributed by atoms with van der Waals surface area (Å²) in [7, 11) is 0. The van der Waals surface area contributed by atoms with Gasteiger partial charge in [0.05, 0.1) is 11.4 Å². The fraction of sp³-hybridized carbons (Fsp3) is 0.471. The number of nitrogens with one attached hydrogen (secondary N) is 2. The molecular weight excluding hydrogens is 292 g/mol. The SMILES string of the molecule is O=C(NC1CC1)C1CCCN(C(=O)c2n[nH]c3ccccc23)C1. The van der Waals surface area contributed by atoms with Crippen LogP contribution in [0.5, 0.6) is 0 Å². The summed E-state index contributed by atoms with van der Waals surface area (Å²) in [6.45, 7) is 1.17. The first-order valence-electron chi connectivity index (χ1n) is 8.25. The van der Waals surface area contributed by atoms with E-state index in [1.807, 2.05) is 24.3 Å². The van der Waals surface area contributed by atoms with Crippen molar-refractivity contribution in [3.8, 4) is 0 Å². The van der Waals surface area contributed by atoms with Crippen LogP contribution in [0.4, 0.5) is 0 Å². The maximum Gasteiger partial charge on any atom is 0.275 e. The molecule has 1 aromatic carbocycles. The van der Waals surface area contributed by atoms with E-state index in [0.29, 0.717) is 24.8 Å². The van der Waals surface area contributed by atoms with Crippen molar-refractivity contribution in [2.75, 3.05) is 13.1 Å². The zero-order valence-electron chi connectivity index (χ0n) is 12.9. The lowest BCUT2D eigenvalue weighted by atomic mass is 9.96. The topological polar surface area (TPSA) is 78.1 Å². The number of likely N-dealkylation sites (tertiary alicyclic amines) is 1. The van der Waals surface area contributed by atoms with Gasteiger partial charge in [-0.05, 0) is 31.7 Å². The van der Waals surface area contributed by atoms with E-state index in [9.17, 15) is 9.59 Å². The number of aromatic amines is 1. The molecule has 1 aliphatic carbocycles. The Morgan fingerprint density at radius 1 is 1.22 bits per heavy atom. The Kier molecular flexibility index (Phi) is 3.52. The Bertz CT molecular complexity index is 750. The zero-order valence-corrected chi connectivity index (χ0v) is 12.9. The number of benzene rings is 1. The Hall–Kier alpha value is -2.37. The molecule has 2 aromatic rings. The summed E-state index contributed by atoms with van der Waals surface area (Å²) in [6.07, 6.45) is 3.88. The molecule has 1 saturated carbocycles. The maximum atomic E-state index is 12.8. The number of hydrogen-bond donors (Lipinski definition) is 2. The molecule has 1 aliphatic heterocycles. The molecule has 2 N–H and O–H groups in total. The fourth-order valence-electron chi connectivity index (χ4n) is 3.20. The van der Waals surface area contributed by atoms with E-state index < -0.39 is 0 Å². The summed E-state index contributed by atoms with van der Waals surface area (Å²) in [5.41, 5.74) is 1.31. The Morgan fingerprint density at radius 3 is 2.87 bits per heavy atom. The van der Waals surface area contributed by atoms with Crippen LogP contribution < -0.4 is 5.32 Å². The Morgan fingerprint density at radius 2 is 2.04 bits per heavy atom. The third-order valence-electron chi connectivity index (χ3n) is 4.68. The van der Waals surface area contributed by atoms with Gasteiger partial charge in [-0.3, -0.25) is 14.7 Å². The van der Waals surface area contributed by atoms with Gasteiger partial charge in [0, 0.05) is 24.5 Å². The molecule has 1 atom stereocenters. The zero-order chi connectivity index (χ0) is 15.8. The molecule has 120 valence electrons. The largest absolute Gasteiger partial charge is 0.353 e. The molecule has 0 bridgehead atoms. The number of amides is 2. The van der Waals surface area contributed by atoms with Gasteiger partial charge in [0.25, 0.3) is 5.91 Å². The molecule has 0 radical (unpaired) electrons. The average Bonchev–Trinajstić information content (AvgIpc) is 3.30. The third-order valence-corrected chi connectivity index (χ3v) is 4.68. The van der Waals surface area contributed by atoms with Crippen LogP contribution in [0, 0.1) is 5.92 Å². The van der Waals surface area contributed by atoms with Crippen LogP contribution in [-0.4, -0.2) is 46.0 Å². The fourth-order valence-corrected chi connectivity index (χ4v) is 3.20. The summed E-state index contributed by atoms with van der Waals surface area (Å²) in [5, 5.41) is 11.0. The van der Waals surface area contributed by atoms with E-state index >= 15 is 0 Å². The lowest BCUT2D eigenvalue weighted by Crippen LogP contribution is -2.46. The van der Waals surface area contributed by atoms with Crippen LogP contribution >= 0.6 is 0 Å². The number of fused-ring (bicyclic) bond motifs is 1. The Balaban J connectivity index is 1.50. The highest BCUT2D eigenvalue weighted by Crippen LogP contribution is 2.24. The molecule has 6 nitrogen and oxygen atoms in total. The minimum atomic E-state index is -0.0986. The molecule has 0 spiro atoms.